The summed E-state index contributed by atoms with van der Waals surface area (Å²) in [5, 5.41) is 11.2. The highest BCUT2D eigenvalue weighted by atomic mass is 16.2. The summed E-state index contributed by atoms with van der Waals surface area (Å²) >= 11 is 0. The minimum atomic E-state index is -0.967. The van der Waals surface area contributed by atoms with Gasteiger partial charge in [0.25, 0.3) is 5.91 Å². The van der Waals surface area contributed by atoms with Crippen molar-refractivity contribution in [1.29, 1.82) is 0 Å². The second-order valence-electron chi connectivity index (χ2n) is 4.46. The van der Waals surface area contributed by atoms with Crippen molar-refractivity contribution in [1.82, 2.24) is 20.4 Å². The van der Waals surface area contributed by atoms with Crippen molar-refractivity contribution >= 4 is 23.7 Å². The lowest BCUT2D eigenvalue weighted by atomic mass is 10.1. The predicted molar refractivity (Wildman–Crippen MR) is 61.5 cm³/mol. The van der Waals surface area contributed by atoms with E-state index >= 15 is 0 Å². The molecule has 1 fully saturated rings. The van der Waals surface area contributed by atoms with Crippen LogP contribution in [0.1, 0.15) is 13.8 Å². The quantitative estimate of drug-likeness (QED) is 0.640. The van der Waals surface area contributed by atoms with Crippen molar-refractivity contribution in [3.8, 4) is 0 Å². The third-order valence-electron chi connectivity index (χ3n) is 2.52. The van der Waals surface area contributed by atoms with Gasteiger partial charge in [-0.2, -0.15) is 5.10 Å². The van der Waals surface area contributed by atoms with Gasteiger partial charge in [0.2, 0.25) is 5.91 Å². The number of aromatic amines is 1. The second kappa shape index (κ2) is 4.13. The van der Waals surface area contributed by atoms with Crippen LogP contribution in [-0.2, 0) is 9.59 Å². The fourth-order valence-electron chi connectivity index (χ4n) is 1.62. The number of anilines is 1. The molecule has 3 N–H and O–H groups in total. The lowest BCUT2D eigenvalue weighted by Crippen LogP contribution is -2.41. The standard InChI is InChI=1S/C10H13N5O3/c1-10(2)8(17)15(9(18)13-10)5-7(16)12-6-3-4-11-14-6/h3-4H,5H2,1-2H3,(H,13,18)(H2,11,12,14,16). The molecule has 0 bridgehead atoms. The van der Waals surface area contributed by atoms with Crippen molar-refractivity contribution in [3.63, 3.8) is 0 Å². The summed E-state index contributed by atoms with van der Waals surface area (Å²) in [6.07, 6.45) is 1.48. The number of aromatic nitrogens is 2. The van der Waals surface area contributed by atoms with E-state index in [4.69, 9.17) is 0 Å². The summed E-state index contributed by atoms with van der Waals surface area (Å²) in [7, 11) is 0. The lowest BCUT2D eigenvalue weighted by molar-refractivity contribution is -0.132. The molecule has 0 atom stereocenters. The van der Waals surface area contributed by atoms with Crippen LogP contribution in [0.5, 0.6) is 0 Å². The Balaban J connectivity index is 2.00. The molecule has 96 valence electrons. The van der Waals surface area contributed by atoms with E-state index in [1.807, 2.05) is 0 Å². The normalized spacial score (nSPS) is 17.8. The van der Waals surface area contributed by atoms with E-state index in [-0.39, 0.29) is 6.54 Å². The zero-order valence-electron chi connectivity index (χ0n) is 9.98. The molecule has 8 nitrogen and oxygen atoms in total. The van der Waals surface area contributed by atoms with Crippen molar-refractivity contribution in [2.45, 2.75) is 19.4 Å². The summed E-state index contributed by atoms with van der Waals surface area (Å²) in [6, 6.07) is 0.998. The molecule has 18 heavy (non-hydrogen) atoms. The molecule has 0 radical (unpaired) electrons. The maximum Gasteiger partial charge on any atom is 0.325 e. The summed E-state index contributed by atoms with van der Waals surface area (Å²) in [6.45, 7) is 2.84. The Hall–Kier alpha value is -2.38. The molecular formula is C10H13N5O3. The monoisotopic (exact) mass is 251 g/mol. The van der Waals surface area contributed by atoms with Crippen molar-refractivity contribution < 1.29 is 14.4 Å². The number of amides is 4. The minimum absolute atomic E-state index is 0.326. The molecule has 1 saturated heterocycles. The number of carbonyl (C=O) groups is 3. The van der Waals surface area contributed by atoms with Crippen LogP contribution in [0.15, 0.2) is 12.3 Å². The van der Waals surface area contributed by atoms with Crippen LogP contribution >= 0.6 is 0 Å². The molecule has 2 rings (SSSR count). The highest BCUT2D eigenvalue weighted by Gasteiger charge is 2.44. The van der Waals surface area contributed by atoms with Gasteiger partial charge in [-0.1, -0.05) is 0 Å². The van der Waals surface area contributed by atoms with Gasteiger partial charge in [-0.15, -0.1) is 0 Å². The second-order valence-corrected chi connectivity index (χ2v) is 4.46. The Kier molecular flexibility index (Phi) is 2.77. The minimum Gasteiger partial charge on any atom is -0.324 e. The molecule has 0 saturated carbocycles. The number of H-pyrrole nitrogens is 1. The summed E-state index contributed by atoms with van der Waals surface area (Å²) in [5.41, 5.74) is -0.967. The van der Waals surface area contributed by atoms with E-state index < -0.39 is 23.4 Å². The van der Waals surface area contributed by atoms with Crippen LogP contribution in [0.3, 0.4) is 0 Å². The molecule has 0 aliphatic carbocycles. The van der Waals surface area contributed by atoms with Gasteiger partial charge in [0, 0.05) is 6.07 Å². The third-order valence-corrected chi connectivity index (χ3v) is 2.52. The Labute approximate surface area is 103 Å². The van der Waals surface area contributed by atoms with Gasteiger partial charge in [0.05, 0.1) is 6.20 Å². The molecule has 1 aliphatic rings. The molecule has 1 aromatic heterocycles. The number of hydrogen-bond donors (Lipinski definition) is 3. The SMILES string of the molecule is CC1(C)NC(=O)N(CC(=O)Nc2ccn[nH]2)C1=O. The first kappa shape index (κ1) is 12.1. The maximum absolute atomic E-state index is 11.8. The van der Waals surface area contributed by atoms with Gasteiger partial charge < -0.3 is 10.6 Å². The van der Waals surface area contributed by atoms with Crippen molar-refractivity contribution in [2.75, 3.05) is 11.9 Å². The summed E-state index contributed by atoms with van der Waals surface area (Å²) < 4.78 is 0. The van der Waals surface area contributed by atoms with E-state index in [1.165, 1.54) is 6.20 Å². The molecule has 4 amide bonds. The molecule has 8 heteroatoms. The van der Waals surface area contributed by atoms with Gasteiger partial charge in [0.1, 0.15) is 17.9 Å². The van der Waals surface area contributed by atoms with E-state index in [0.29, 0.717) is 5.82 Å². The first-order valence-electron chi connectivity index (χ1n) is 5.33. The van der Waals surface area contributed by atoms with Gasteiger partial charge >= 0.3 is 6.03 Å². The molecule has 0 spiro atoms. The molecule has 0 aromatic carbocycles. The van der Waals surface area contributed by atoms with Crippen LogP contribution in [0.4, 0.5) is 10.6 Å². The number of rotatable bonds is 3. The van der Waals surface area contributed by atoms with Gasteiger partial charge in [-0.25, -0.2) is 4.79 Å². The largest absolute Gasteiger partial charge is 0.325 e. The third kappa shape index (κ3) is 2.17. The molecule has 1 aliphatic heterocycles. The van der Waals surface area contributed by atoms with Crippen LogP contribution in [0.2, 0.25) is 0 Å². The lowest BCUT2D eigenvalue weighted by Gasteiger charge is -2.15. The number of nitrogens with zero attached hydrogens (tertiary/aromatic N) is 2. The first-order valence-corrected chi connectivity index (χ1v) is 5.33. The zero-order chi connectivity index (χ0) is 13.3. The number of nitrogens with one attached hydrogen (secondary N) is 3. The first-order chi connectivity index (χ1) is 8.40. The van der Waals surface area contributed by atoms with E-state index in [9.17, 15) is 14.4 Å². The average molecular weight is 251 g/mol. The number of hydrogen-bond acceptors (Lipinski definition) is 4. The van der Waals surface area contributed by atoms with Crippen LogP contribution in [0.25, 0.3) is 0 Å². The zero-order valence-corrected chi connectivity index (χ0v) is 9.98. The van der Waals surface area contributed by atoms with Crippen molar-refractivity contribution in [3.05, 3.63) is 12.3 Å². The molecule has 0 unspecified atom stereocenters. The molecule has 2 heterocycles. The van der Waals surface area contributed by atoms with Crippen LogP contribution < -0.4 is 10.6 Å². The van der Waals surface area contributed by atoms with Crippen LogP contribution in [0, 0.1) is 0 Å². The number of urea groups is 1. The van der Waals surface area contributed by atoms with Crippen molar-refractivity contribution in [2.24, 2.45) is 0 Å². The Morgan fingerprint density at radius 3 is 2.72 bits per heavy atom. The van der Waals surface area contributed by atoms with E-state index in [0.717, 1.165) is 4.90 Å². The average Bonchev–Trinajstić information content (AvgIpc) is 2.82. The fraction of sp³-hybridized carbons (Fsp3) is 0.400. The number of carbonyl (C=O) groups excluding carboxylic acids is 3. The van der Waals surface area contributed by atoms with E-state index in [2.05, 4.69) is 20.8 Å². The Morgan fingerprint density at radius 1 is 1.50 bits per heavy atom. The van der Waals surface area contributed by atoms with Gasteiger partial charge in [-0.3, -0.25) is 19.6 Å². The topological polar surface area (TPSA) is 107 Å². The fourth-order valence-corrected chi connectivity index (χ4v) is 1.62. The Bertz CT molecular complexity index is 494. The summed E-state index contributed by atoms with van der Waals surface area (Å²) in [5.74, 6) is -0.487. The molecular weight excluding hydrogens is 238 g/mol. The molecule has 1 aromatic rings. The highest BCUT2D eigenvalue weighted by molar-refractivity contribution is 6.09. The highest BCUT2D eigenvalue weighted by Crippen LogP contribution is 2.16. The smallest absolute Gasteiger partial charge is 0.324 e. The van der Waals surface area contributed by atoms with E-state index in [1.54, 1.807) is 19.9 Å². The number of imide groups is 1. The van der Waals surface area contributed by atoms with Crippen LogP contribution in [-0.4, -0.2) is 45.0 Å². The summed E-state index contributed by atoms with van der Waals surface area (Å²) in [4.78, 5) is 35.9. The predicted octanol–water partition coefficient (Wildman–Crippen LogP) is -0.321. The Morgan fingerprint density at radius 2 is 2.22 bits per heavy atom. The van der Waals surface area contributed by atoms with Gasteiger partial charge in [0.15, 0.2) is 0 Å². The van der Waals surface area contributed by atoms with Gasteiger partial charge in [-0.05, 0) is 13.8 Å². The maximum atomic E-state index is 11.8.